The summed E-state index contributed by atoms with van der Waals surface area (Å²) in [7, 11) is 0. The maximum Gasteiger partial charge on any atom is 0.203 e. The van der Waals surface area contributed by atoms with E-state index in [4.69, 9.17) is 4.42 Å². The Kier molecular flexibility index (Phi) is 5.83. The van der Waals surface area contributed by atoms with Crippen LogP contribution in [0.4, 0.5) is 0 Å². The van der Waals surface area contributed by atoms with E-state index in [9.17, 15) is 20.1 Å². The monoisotopic (exact) mass is 426 g/mol. The van der Waals surface area contributed by atoms with Crippen molar-refractivity contribution in [2.45, 2.75) is 13.5 Å². The fourth-order valence-electron chi connectivity index (χ4n) is 3.57. The van der Waals surface area contributed by atoms with Crippen LogP contribution in [0.3, 0.4) is 0 Å². The number of aromatic hydroxyl groups is 1. The summed E-state index contributed by atoms with van der Waals surface area (Å²) in [5.41, 5.74) is 1.80. The topological polar surface area (TPSA) is 107 Å². The molecule has 2 heterocycles. The third-order valence-corrected chi connectivity index (χ3v) is 6.09. The molecule has 0 saturated carbocycles. The number of hydrogen-bond acceptors (Lipinski definition) is 8. The molecule has 0 aliphatic rings. The Morgan fingerprint density at radius 2 is 1.83 bits per heavy atom. The van der Waals surface area contributed by atoms with Crippen molar-refractivity contribution >= 4 is 32.5 Å². The van der Waals surface area contributed by atoms with Gasteiger partial charge in [-0.1, -0.05) is 12.1 Å². The second-order valence-electron chi connectivity index (χ2n) is 7.01. The molecule has 0 aliphatic carbocycles. The lowest BCUT2D eigenvalue weighted by Crippen LogP contribution is -2.29. The number of para-hydroxylation sites is 1. The molecule has 0 unspecified atom stereocenters. The summed E-state index contributed by atoms with van der Waals surface area (Å²) < 4.78 is 7.04. The van der Waals surface area contributed by atoms with Gasteiger partial charge in [-0.25, -0.2) is 4.98 Å². The molecular weight excluding hydrogens is 404 g/mol. The highest BCUT2D eigenvalue weighted by molar-refractivity contribution is 7.21. The van der Waals surface area contributed by atoms with Gasteiger partial charge in [0.15, 0.2) is 0 Å². The van der Waals surface area contributed by atoms with Gasteiger partial charge in [0.2, 0.25) is 5.43 Å². The fourth-order valence-corrected chi connectivity index (χ4v) is 4.62. The Balaban J connectivity index is 1.87. The summed E-state index contributed by atoms with van der Waals surface area (Å²) in [5, 5.41) is 29.9. The van der Waals surface area contributed by atoms with Gasteiger partial charge in [-0.05, 0) is 31.2 Å². The first-order chi connectivity index (χ1) is 14.5. The minimum atomic E-state index is -0.204. The first kappa shape index (κ1) is 20.5. The molecule has 0 saturated heterocycles. The van der Waals surface area contributed by atoms with Crippen LogP contribution < -0.4 is 5.43 Å². The van der Waals surface area contributed by atoms with Crippen LogP contribution in [-0.2, 0) is 6.54 Å². The normalized spacial score (nSPS) is 11.7. The summed E-state index contributed by atoms with van der Waals surface area (Å²) >= 11 is 1.43. The molecule has 156 valence electrons. The highest BCUT2D eigenvalue weighted by Gasteiger charge is 2.21. The van der Waals surface area contributed by atoms with E-state index in [1.165, 1.54) is 17.4 Å². The van der Waals surface area contributed by atoms with Crippen molar-refractivity contribution in [1.29, 1.82) is 0 Å². The number of aromatic nitrogens is 1. The van der Waals surface area contributed by atoms with Crippen LogP contribution >= 0.6 is 11.3 Å². The van der Waals surface area contributed by atoms with Crippen LogP contribution in [0.25, 0.3) is 31.8 Å². The standard InChI is InChI=1S/C22H22N2O5S/c1-13-19(22-23-16-4-2-3-5-18(16)30-22)20(28)14-6-7-17(27)15(21(14)29-13)12-24(8-10-25)9-11-26/h2-7,25-27H,8-12H2,1H3. The van der Waals surface area contributed by atoms with Crippen LogP contribution in [0.2, 0.25) is 0 Å². The van der Waals surface area contributed by atoms with Crippen molar-refractivity contribution in [1.82, 2.24) is 9.88 Å². The molecule has 30 heavy (non-hydrogen) atoms. The third-order valence-electron chi connectivity index (χ3n) is 5.04. The molecule has 0 fully saturated rings. The zero-order valence-corrected chi connectivity index (χ0v) is 17.3. The van der Waals surface area contributed by atoms with Crippen molar-refractivity contribution in [3.8, 4) is 16.3 Å². The van der Waals surface area contributed by atoms with E-state index < -0.39 is 0 Å². The Morgan fingerprint density at radius 3 is 2.53 bits per heavy atom. The number of aliphatic hydroxyl groups excluding tert-OH is 2. The van der Waals surface area contributed by atoms with E-state index in [0.29, 0.717) is 46.0 Å². The second kappa shape index (κ2) is 8.53. The SMILES string of the molecule is Cc1oc2c(CN(CCO)CCO)c(O)ccc2c(=O)c1-c1nc2ccccc2s1. The van der Waals surface area contributed by atoms with Crippen molar-refractivity contribution in [2.24, 2.45) is 0 Å². The number of phenolic OH excluding ortho intramolecular Hbond substituents is 1. The lowest BCUT2D eigenvalue weighted by atomic mass is 10.1. The van der Waals surface area contributed by atoms with Gasteiger partial charge in [-0.15, -0.1) is 11.3 Å². The molecule has 0 radical (unpaired) electrons. The lowest BCUT2D eigenvalue weighted by Gasteiger charge is -2.21. The average molecular weight is 426 g/mol. The second-order valence-corrected chi connectivity index (χ2v) is 8.04. The molecule has 4 rings (SSSR count). The summed E-state index contributed by atoms with van der Waals surface area (Å²) in [6.45, 7) is 2.42. The van der Waals surface area contributed by atoms with E-state index in [-0.39, 0.29) is 30.9 Å². The molecule has 0 aliphatic heterocycles. The first-order valence-electron chi connectivity index (χ1n) is 9.61. The lowest BCUT2D eigenvalue weighted by molar-refractivity contribution is 0.155. The minimum absolute atomic E-state index is 0.00123. The van der Waals surface area contributed by atoms with Crippen molar-refractivity contribution in [3.05, 3.63) is 57.9 Å². The van der Waals surface area contributed by atoms with Crippen LogP contribution in [0.15, 0.2) is 45.6 Å². The van der Waals surface area contributed by atoms with Gasteiger partial charge < -0.3 is 19.7 Å². The van der Waals surface area contributed by atoms with E-state index >= 15 is 0 Å². The Bertz CT molecular complexity index is 1220. The molecule has 0 bridgehead atoms. The first-order valence-corrected chi connectivity index (χ1v) is 10.4. The molecule has 2 aromatic heterocycles. The summed E-state index contributed by atoms with van der Waals surface area (Å²) in [5.74, 6) is 0.424. The predicted molar refractivity (Wildman–Crippen MR) is 117 cm³/mol. The molecule has 4 aromatic rings. The Hall–Kier alpha value is -2.78. The van der Waals surface area contributed by atoms with Gasteiger partial charge in [-0.3, -0.25) is 9.69 Å². The van der Waals surface area contributed by atoms with Crippen molar-refractivity contribution in [3.63, 3.8) is 0 Å². The molecule has 0 atom stereocenters. The smallest absolute Gasteiger partial charge is 0.203 e. The zero-order valence-electron chi connectivity index (χ0n) is 16.5. The van der Waals surface area contributed by atoms with Crippen LogP contribution in [-0.4, -0.2) is 51.5 Å². The third kappa shape index (κ3) is 3.70. The van der Waals surface area contributed by atoms with Gasteiger partial charge in [0, 0.05) is 19.6 Å². The van der Waals surface area contributed by atoms with Gasteiger partial charge in [0.05, 0.1) is 39.9 Å². The average Bonchev–Trinajstić information content (AvgIpc) is 3.14. The van der Waals surface area contributed by atoms with Gasteiger partial charge >= 0.3 is 0 Å². The predicted octanol–water partition coefficient (Wildman–Crippen LogP) is 2.87. The van der Waals surface area contributed by atoms with Crippen molar-refractivity contribution in [2.75, 3.05) is 26.3 Å². The minimum Gasteiger partial charge on any atom is -0.507 e. The van der Waals surface area contributed by atoms with Crippen LogP contribution in [0.5, 0.6) is 5.75 Å². The molecule has 0 spiro atoms. The number of aliphatic hydroxyl groups is 2. The molecule has 2 aromatic carbocycles. The number of rotatable bonds is 7. The highest BCUT2D eigenvalue weighted by Crippen LogP contribution is 2.34. The van der Waals surface area contributed by atoms with E-state index in [1.807, 2.05) is 24.3 Å². The number of nitrogens with zero attached hydrogens (tertiary/aromatic N) is 2. The van der Waals surface area contributed by atoms with Crippen LogP contribution in [0, 0.1) is 6.92 Å². The Morgan fingerprint density at radius 1 is 1.10 bits per heavy atom. The summed E-state index contributed by atoms with van der Waals surface area (Å²) in [6, 6.07) is 10.7. The number of phenols is 1. The molecule has 8 heteroatoms. The molecule has 7 nitrogen and oxygen atoms in total. The maximum atomic E-state index is 13.4. The number of benzene rings is 2. The molecule has 0 amide bonds. The van der Waals surface area contributed by atoms with E-state index in [1.54, 1.807) is 17.9 Å². The highest BCUT2D eigenvalue weighted by atomic mass is 32.1. The summed E-state index contributed by atoms with van der Waals surface area (Å²) in [4.78, 5) is 19.7. The van der Waals surface area contributed by atoms with E-state index in [0.717, 1.165) is 10.2 Å². The zero-order chi connectivity index (χ0) is 21.3. The van der Waals surface area contributed by atoms with Gasteiger partial charge in [0.25, 0.3) is 0 Å². The number of fused-ring (bicyclic) bond motifs is 2. The van der Waals surface area contributed by atoms with Gasteiger partial charge in [0.1, 0.15) is 22.1 Å². The summed E-state index contributed by atoms with van der Waals surface area (Å²) in [6.07, 6.45) is 0. The van der Waals surface area contributed by atoms with Crippen molar-refractivity contribution < 1.29 is 19.7 Å². The molecular formula is C22H22N2O5S. The maximum absolute atomic E-state index is 13.4. The van der Waals surface area contributed by atoms with E-state index in [2.05, 4.69) is 4.98 Å². The fraction of sp³-hybridized carbons (Fsp3) is 0.273. The number of hydrogen-bond donors (Lipinski definition) is 3. The largest absolute Gasteiger partial charge is 0.507 e. The van der Waals surface area contributed by atoms with Gasteiger partial charge in [-0.2, -0.15) is 0 Å². The number of thiazole rings is 1. The number of aryl methyl sites for hydroxylation is 1. The van der Waals surface area contributed by atoms with Crippen LogP contribution in [0.1, 0.15) is 11.3 Å². The quantitative estimate of drug-likeness (QED) is 0.417. The Labute approximate surface area is 176 Å². The molecule has 3 N–H and O–H groups in total.